The van der Waals surface area contributed by atoms with E-state index in [4.69, 9.17) is 10.5 Å². The third-order valence-corrected chi connectivity index (χ3v) is 2.95. The van der Waals surface area contributed by atoms with Gasteiger partial charge >= 0.3 is 0 Å². The molecule has 2 N–H and O–H groups in total. The molecular weight excluding hydrogens is 164 g/mol. The van der Waals surface area contributed by atoms with Gasteiger partial charge in [0.25, 0.3) is 0 Å². The van der Waals surface area contributed by atoms with Crippen LogP contribution in [0.5, 0.6) is 0 Å². The molecule has 1 fully saturated rings. The van der Waals surface area contributed by atoms with Gasteiger partial charge in [0.2, 0.25) is 0 Å². The van der Waals surface area contributed by atoms with E-state index in [0.717, 1.165) is 25.6 Å². The summed E-state index contributed by atoms with van der Waals surface area (Å²) in [7, 11) is 1.75. The Hall–Kier alpha value is -0.120. The van der Waals surface area contributed by atoms with Crippen LogP contribution in [0.1, 0.15) is 19.8 Å². The first kappa shape index (κ1) is 11.0. The molecular formula is C10H22N2O. The van der Waals surface area contributed by atoms with Crippen molar-refractivity contribution < 1.29 is 4.74 Å². The molecule has 0 saturated carbocycles. The maximum Gasteiger partial charge on any atom is 0.0589 e. The summed E-state index contributed by atoms with van der Waals surface area (Å²) in [5, 5.41) is 0. The summed E-state index contributed by atoms with van der Waals surface area (Å²) in [4.78, 5) is 2.46. The quantitative estimate of drug-likeness (QED) is 0.702. The number of hydrogen-bond acceptors (Lipinski definition) is 3. The third kappa shape index (κ3) is 3.25. The molecule has 13 heavy (non-hydrogen) atoms. The van der Waals surface area contributed by atoms with Crippen molar-refractivity contribution in [2.75, 3.05) is 33.4 Å². The van der Waals surface area contributed by atoms with Crippen LogP contribution in [-0.2, 0) is 4.74 Å². The van der Waals surface area contributed by atoms with Crippen LogP contribution in [-0.4, -0.2) is 44.3 Å². The Kier molecular flexibility index (Phi) is 4.70. The molecule has 1 rings (SSSR count). The van der Waals surface area contributed by atoms with Gasteiger partial charge in [-0.25, -0.2) is 0 Å². The van der Waals surface area contributed by atoms with Crippen molar-refractivity contribution in [2.24, 2.45) is 11.7 Å². The molecule has 1 aliphatic heterocycles. The lowest BCUT2D eigenvalue weighted by Crippen LogP contribution is -2.47. The SMILES string of the molecule is COCCN1CCC(C)CC1CN. The first-order chi connectivity index (χ1) is 6.27. The normalized spacial score (nSPS) is 30.7. The lowest BCUT2D eigenvalue weighted by atomic mass is 9.92. The van der Waals surface area contributed by atoms with E-state index in [1.807, 2.05) is 0 Å². The van der Waals surface area contributed by atoms with Gasteiger partial charge in [0, 0.05) is 26.2 Å². The number of hydrogen-bond donors (Lipinski definition) is 1. The zero-order valence-electron chi connectivity index (χ0n) is 8.83. The van der Waals surface area contributed by atoms with E-state index in [-0.39, 0.29) is 0 Å². The maximum absolute atomic E-state index is 5.75. The van der Waals surface area contributed by atoms with Crippen molar-refractivity contribution in [3.05, 3.63) is 0 Å². The van der Waals surface area contributed by atoms with Gasteiger partial charge in [0.1, 0.15) is 0 Å². The van der Waals surface area contributed by atoms with Crippen LogP contribution in [0.25, 0.3) is 0 Å². The fourth-order valence-electron chi connectivity index (χ4n) is 2.05. The minimum atomic E-state index is 0.582. The van der Waals surface area contributed by atoms with E-state index in [9.17, 15) is 0 Å². The lowest BCUT2D eigenvalue weighted by Gasteiger charge is -2.37. The van der Waals surface area contributed by atoms with Gasteiger partial charge < -0.3 is 10.5 Å². The summed E-state index contributed by atoms with van der Waals surface area (Å²) in [5.74, 6) is 0.840. The Morgan fingerprint density at radius 1 is 1.54 bits per heavy atom. The molecule has 0 aromatic carbocycles. The molecule has 0 aromatic heterocycles. The zero-order chi connectivity index (χ0) is 9.68. The van der Waals surface area contributed by atoms with Gasteiger partial charge in [-0.3, -0.25) is 4.90 Å². The average molecular weight is 186 g/mol. The number of rotatable bonds is 4. The molecule has 2 atom stereocenters. The number of nitrogens with two attached hydrogens (primary N) is 1. The largest absolute Gasteiger partial charge is 0.383 e. The van der Waals surface area contributed by atoms with Crippen LogP contribution in [0.4, 0.5) is 0 Å². The average Bonchev–Trinajstić information content (AvgIpc) is 2.16. The minimum absolute atomic E-state index is 0.582. The van der Waals surface area contributed by atoms with Crippen molar-refractivity contribution in [2.45, 2.75) is 25.8 Å². The molecule has 1 heterocycles. The van der Waals surface area contributed by atoms with Crippen molar-refractivity contribution >= 4 is 0 Å². The van der Waals surface area contributed by atoms with Crippen molar-refractivity contribution in [1.82, 2.24) is 4.90 Å². The lowest BCUT2D eigenvalue weighted by molar-refractivity contribution is 0.0825. The smallest absolute Gasteiger partial charge is 0.0589 e. The minimum Gasteiger partial charge on any atom is -0.383 e. The summed E-state index contributed by atoms with van der Waals surface area (Å²) in [6.45, 7) is 6.15. The monoisotopic (exact) mass is 186 g/mol. The van der Waals surface area contributed by atoms with Crippen LogP contribution in [0.2, 0.25) is 0 Å². The Balaban J connectivity index is 2.33. The van der Waals surface area contributed by atoms with E-state index in [1.165, 1.54) is 19.4 Å². The van der Waals surface area contributed by atoms with Crippen LogP contribution >= 0.6 is 0 Å². The number of ether oxygens (including phenoxy) is 1. The number of piperidine rings is 1. The molecule has 0 amide bonds. The molecule has 0 spiro atoms. The highest BCUT2D eigenvalue weighted by molar-refractivity contribution is 4.80. The van der Waals surface area contributed by atoms with Gasteiger partial charge in [-0.05, 0) is 25.3 Å². The highest BCUT2D eigenvalue weighted by atomic mass is 16.5. The molecule has 1 aliphatic rings. The van der Waals surface area contributed by atoms with Crippen LogP contribution in [0, 0.1) is 5.92 Å². The summed E-state index contributed by atoms with van der Waals surface area (Å²) in [5.41, 5.74) is 5.75. The van der Waals surface area contributed by atoms with Gasteiger partial charge in [-0.15, -0.1) is 0 Å². The third-order valence-electron chi connectivity index (χ3n) is 2.95. The van der Waals surface area contributed by atoms with Gasteiger partial charge in [-0.1, -0.05) is 6.92 Å². The van der Waals surface area contributed by atoms with E-state index in [1.54, 1.807) is 7.11 Å². The fraction of sp³-hybridized carbons (Fsp3) is 1.00. The van der Waals surface area contributed by atoms with Crippen molar-refractivity contribution in [1.29, 1.82) is 0 Å². The molecule has 3 nitrogen and oxygen atoms in total. The molecule has 0 bridgehead atoms. The Labute approximate surface area is 81.2 Å². The Bertz CT molecular complexity index is 139. The second-order valence-electron chi connectivity index (χ2n) is 4.05. The topological polar surface area (TPSA) is 38.5 Å². The zero-order valence-corrected chi connectivity index (χ0v) is 8.83. The summed E-state index contributed by atoms with van der Waals surface area (Å²) < 4.78 is 5.08. The van der Waals surface area contributed by atoms with Crippen molar-refractivity contribution in [3.63, 3.8) is 0 Å². The number of nitrogens with zero attached hydrogens (tertiary/aromatic N) is 1. The molecule has 0 radical (unpaired) electrons. The fourth-order valence-corrected chi connectivity index (χ4v) is 2.05. The summed E-state index contributed by atoms with van der Waals surface area (Å²) in [6, 6.07) is 0.582. The second kappa shape index (κ2) is 5.58. The number of likely N-dealkylation sites (tertiary alicyclic amines) is 1. The molecule has 1 saturated heterocycles. The van der Waals surface area contributed by atoms with Gasteiger partial charge in [0.15, 0.2) is 0 Å². The number of methoxy groups -OCH3 is 1. The predicted octanol–water partition coefficient (Wildman–Crippen LogP) is 0.692. The van der Waals surface area contributed by atoms with Crippen molar-refractivity contribution in [3.8, 4) is 0 Å². The van der Waals surface area contributed by atoms with Gasteiger partial charge in [-0.2, -0.15) is 0 Å². The first-order valence-corrected chi connectivity index (χ1v) is 5.21. The summed E-state index contributed by atoms with van der Waals surface area (Å²) >= 11 is 0. The molecule has 0 aromatic rings. The van der Waals surface area contributed by atoms with E-state index in [2.05, 4.69) is 11.8 Å². The molecule has 78 valence electrons. The van der Waals surface area contributed by atoms with E-state index in [0.29, 0.717) is 6.04 Å². The van der Waals surface area contributed by atoms with Crippen LogP contribution < -0.4 is 5.73 Å². The van der Waals surface area contributed by atoms with E-state index >= 15 is 0 Å². The summed E-state index contributed by atoms with van der Waals surface area (Å²) in [6.07, 6.45) is 2.56. The second-order valence-corrected chi connectivity index (χ2v) is 4.05. The highest BCUT2D eigenvalue weighted by Crippen LogP contribution is 2.21. The Morgan fingerprint density at radius 3 is 2.92 bits per heavy atom. The molecule has 3 heteroatoms. The van der Waals surface area contributed by atoms with Gasteiger partial charge in [0.05, 0.1) is 6.61 Å². The van der Waals surface area contributed by atoms with Crippen LogP contribution in [0.15, 0.2) is 0 Å². The predicted molar refractivity (Wildman–Crippen MR) is 54.7 cm³/mol. The standard InChI is InChI=1S/C10H22N2O/c1-9-3-4-12(5-6-13-2)10(7-9)8-11/h9-10H,3-8,11H2,1-2H3. The highest BCUT2D eigenvalue weighted by Gasteiger charge is 2.24. The van der Waals surface area contributed by atoms with E-state index < -0.39 is 0 Å². The van der Waals surface area contributed by atoms with Crippen LogP contribution in [0.3, 0.4) is 0 Å². The maximum atomic E-state index is 5.75. The molecule has 2 unspecified atom stereocenters. The Morgan fingerprint density at radius 2 is 2.31 bits per heavy atom. The first-order valence-electron chi connectivity index (χ1n) is 5.21. The molecule has 0 aliphatic carbocycles.